The van der Waals surface area contributed by atoms with Gasteiger partial charge >= 0.3 is 0 Å². The maximum Gasteiger partial charge on any atom is 0.252 e. The minimum Gasteiger partial charge on any atom is -0.358 e. The Kier molecular flexibility index (Phi) is 4.17. The summed E-state index contributed by atoms with van der Waals surface area (Å²) >= 11 is 6.21. The van der Waals surface area contributed by atoms with Crippen LogP contribution in [-0.2, 0) is 17.8 Å². The van der Waals surface area contributed by atoms with E-state index in [0.29, 0.717) is 18.1 Å². The molecule has 0 aliphatic carbocycles. The molecule has 0 saturated heterocycles. The van der Waals surface area contributed by atoms with Gasteiger partial charge in [-0.15, -0.1) is 0 Å². The molecule has 2 aromatic heterocycles. The number of H-pyrrole nitrogens is 1. The lowest BCUT2D eigenvalue weighted by molar-refractivity contribution is -0.134. The van der Waals surface area contributed by atoms with Gasteiger partial charge in [0.05, 0.1) is 0 Å². The van der Waals surface area contributed by atoms with E-state index in [1.165, 1.54) is 5.69 Å². The molecule has 2 aromatic carbocycles. The molecule has 0 saturated carbocycles. The number of nitrogens with zero attached hydrogens (tertiary/aromatic N) is 3. The Hall–Kier alpha value is -3.05. The number of fused-ring (bicyclic) bond motifs is 3. The van der Waals surface area contributed by atoms with E-state index in [1.54, 1.807) is 10.9 Å². The predicted molar refractivity (Wildman–Crippen MR) is 109 cm³/mol. The van der Waals surface area contributed by atoms with Crippen molar-refractivity contribution in [2.45, 2.75) is 19.0 Å². The van der Waals surface area contributed by atoms with Gasteiger partial charge in [-0.1, -0.05) is 41.9 Å². The number of hydrogen-bond donors (Lipinski definition) is 1. The van der Waals surface area contributed by atoms with Crippen LogP contribution in [0.4, 0.5) is 0 Å². The number of aromatic amines is 1. The zero-order chi connectivity index (χ0) is 19.1. The van der Waals surface area contributed by atoms with E-state index in [2.05, 4.69) is 10.1 Å². The summed E-state index contributed by atoms with van der Waals surface area (Å²) in [5, 5.41) is 6.15. The van der Waals surface area contributed by atoms with Crippen molar-refractivity contribution in [2.75, 3.05) is 6.54 Å². The zero-order valence-electron chi connectivity index (χ0n) is 15.2. The molecule has 1 aliphatic rings. The van der Waals surface area contributed by atoms with Crippen molar-refractivity contribution in [3.05, 3.63) is 88.8 Å². The third-order valence-electron chi connectivity index (χ3n) is 5.39. The second-order valence-corrected chi connectivity index (χ2v) is 7.52. The summed E-state index contributed by atoms with van der Waals surface area (Å²) in [7, 11) is 0. The van der Waals surface area contributed by atoms with Gasteiger partial charge in [0.25, 0.3) is 5.91 Å². The first-order chi connectivity index (χ1) is 13.7. The van der Waals surface area contributed by atoms with E-state index >= 15 is 0 Å². The van der Waals surface area contributed by atoms with Crippen molar-refractivity contribution in [1.82, 2.24) is 19.7 Å². The number of hydrogen-bond acceptors (Lipinski definition) is 2. The fraction of sp³-hybridized carbons (Fsp3) is 0.182. The number of halogens is 1. The number of carbonyl (C=O) groups excluding carboxylic acids is 1. The average molecular weight is 391 g/mol. The van der Waals surface area contributed by atoms with Crippen molar-refractivity contribution in [3.63, 3.8) is 0 Å². The minimum atomic E-state index is -0.466. The van der Waals surface area contributed by atoms with Crippen molar-refractivity contribution in [1.29, 1.82) is 0 Å². The molecule has 1 atom stereocenters. The smallest absolute Gasteiger partial charge is 0.252 e. The number of benzene rings is 2. The molecule has 0 spiro atoms. The fourth-order valence-electron chi connectivity index (χ4n) is 4.02. The second kappa shape index (κ2) is 6.84. The molecule has 3 heterocycles. The number of nitrogens with one attached hydrogen (secondary N) is 1. The summed E-state index contributed by atoms with van der Waals surface area (Å²) in [4.78, 5) is 19.0. The molecular formula is C22H19ClN4O. The third-order valence-corrected chi connectivity index (χ3v) is 5.62. The van der Waals surface area contributed by atoms with Crippen molar-refractivity contribution >= 4 is 28.4 Å². The summed E-state index contributed by atoms with van der Waals surface area (Å²) in [6, 6.07) is 17.1. The Morgan fingerprint density at radius 2 is 2.00 bits per heavy atom. The van der Waals surface area contributed by atoms with Crippen LogP contribution < -0.4 is 0 Å². The lowest BCUT2D eigenvalue weighted by Gasteiger charge is -2.31. The standard InChI is InChI=1S/C22H19ClN4O/c23-16-7-8-19-17(13-16)18-14-26(12-9-20(18)25-19)22(28)21(27-11-4-10-24-27)15-5-2-1-3-6-15/h1-8,10-11,13,21,25H,9,12,14H2. The number of amides is 1. The lowest BCUT2D eigenvalue weighted by atomic mass is 10.0. The van der Waals surface area contributed by atoms with E-state index in [4.69, 9.17) is 11.6 Å². The van der Waals surface area contributed by atoms with Crippen molar-refractivity contribution < 1.29 is 4.79 Å². The van der Waals surface area contributed by atoms with Crippen LogP contribution in [-0.4, -0.2) is 32.1 Å². The van der Waals surface area contributed by atoms with Crippen LogP contribution in [0.25, 0.3) is 10.9 Å². The van der Waals surface area contributed by atoms with Gasteiger partial charge in [0.1, 0.15) is 0 Å². The summed E-state index contributed by atoms with van der Waals surface area (Å²) in [6.07, 6.45) is 4.35. The highest BCUT2D eigenvalue weighted by Gasteiger charge is 2.31. The highest BCUT2D eigenvalue weighted by molar-refractivity contribution is 6.31. The van der Waals surface area contributed by atoms with Crippen LogP contribution in [0.5, 0.6) is 0 Å². The molecule has 1 amide bonds. The lowest BCUT2D eigenvalue weighted by Crippen LogP contribution is -2.41. The van der Waals surface area contributed by atoms with Gasteiger partial charge in [0.15, 0.2) is 6.04 Å². The Labute approximate surface area is 167 Å². The van der Waals surface area contributed by atoms with Gasteiger partial charge in [-0.2, -0.15) is 5.10 Å². The van der Waals surface area contributed by atoms with Crippen LogP contribution >= 0.6 is 11.6 Å². The summed E-state index contributed by atoms with van der Waals surface area (Å²) in [5.74, 6) is 0.0527. The monoisotopic (exact) mass is 390 g/mol. The molecule has 1 N–H and O–H groups in total. The Morgan fingerprint density at radius 1 is 1.14 bits per heavy atom. The van der Waals surface area contributed by atoms with Crippen LogP contribution in [0, 0.1) is 0 Å². The Balaban J connectivity index is 1.51. The second-order valence-electron chi connectivity index (χ2n) is 7.08. The van der Waals surface area contributed by atoms with E-state index in [0.717, 1.165) is 28.5 Å². The Morgan fingerprint density at radius 3 is 2.79 bits per heavy atom. The maximum absolute atomic E-state index is 13.6. The molecule has 6 heteroatoms. The molecule has 5 rings (SSSR count). The fourth-order valence-corrected chi connectivity index (χ4v) is 4.20. The van der Waals surface area contributed by atoms with Crippen LogP contribution in [0.1, 0.15) is 22.9 Å². The van der Waals surface area contributed by atoms with Gasteiger partial charge < -0.3 is 9.88 Å². The molecule has 28 heavy (non-hydrogen) atoms. The summed E-state index contributed by atoms with van der Waals surface area (Å²) < 4.78 is 1.74. The van der Waals surface area contributed by atoms with Crippen molar-refractivity contribution in [2.24, 2.45) is 0 Å². The molecule has 5 nitrogen and oxygen atoms in total. The Bertz CT molecular complexity index is 1130. The predicted octanol–water partition coefficient (Wildman–Crippen LogP) is 4.19. The van der Waals surface area contributed by atoms with Crippen LogP contribution in [0.15, 0.2) is 67.0 Å². The number of aromatic nitrogens is 3. The van der Waals surface area contributed by atoms with Gasteiger partial charge in [0.2, 0.25) is 0 Å². The van der Waals surface area contributed by atoms with Gasteiger partial charge in [0, 0.05) is 59.1 Å². The van der Waals surface area contributed by atoms with E-state index in [9.17, 15) is 4.79 Å². The third kappa shape index (κ3) is 2.88. The normalized spacial score (nSPS) is 14.8. The highest BCUT2D eigenvalue weighted by Crippen LogP contribution is 2.31. The van der Waals surface area contributed by atoms with Gasteiger partial charge in [-0.05, 0) is 29.8 Å². The SMILES string of the molecule is O=C(C(c1ccccc1)n1cccn1)N1CCc2[nH]c3ccc(Cl)cc3c2C1. The quantitative estimate of drug-likeness (QED) is 0.570. The first kappa shape index (κ1) is 17.1. The topological polar surface area (TPSA) is 53.9 Å². The molecule has 0 radical (unpaired) electrons. The largest absolute Gasteiger partial charge is 0.358 e. The van der Waals surface area contributed by atoms with E-state index < -0.39 is 6.04 Å². The first-order valence-electron chi connectivity index (χ1n) is 9.32. The molecule has 0 bridgehead atoms. The number of carbonyl (C=O) groups is 1. The molecule has 0 fully saturated rings. The molecule has 1 aliphatic heterocycles. The molecule has 140 valence electrons. The number of rotatable bonds is 3. The highest BCUT2D eigenvalue weighted by atomic mass is 35.5. The summed E-state index contributed by atoms with van der Waals surface area (Å²) in [5.41, 5.74) is 4.35. The first-order valence-corrected chi connectivity index (χ1v) is 9.70. The molecular weight excluding hydrogens is 372 g/mol. The van der Waals surface area contributed by atoms with Crippen LogP contribution in [0.2, 0.25) is 5.02 Å². The molecule has 4 aromatic rings. The zero-order valence-corrected chi connectivity index (χ0v) is 15.9. The van der Waals surface area contributed by atoms with E-state index in [1.807, 2.05) is 65.7 Å². The van der Waals surface area contributed by atoms with Crippen molar-refractivity contribution in [3.8, 4) is 0 Å². The van der Waals surface area contributed by atoms with E-state index in [-0.39, 0.29) is 5.91 Å². The molecule has 1 unspecified atom stereocenters. The average Bonchev–Trinajstić information content (AvgIpc) is 3.36. The van der Waals surface area contributed by atoms with Gasteiger partial charge in [-0.25, -0.2) is 0 Å². The van der Waals surface area contributed by atoms with Gasteiger partial charge in [-0.3, -0.25) is 9.48 Å². The van der Waals surface area contributed by atoms with Crippen LogP contribution in [0.3, 0.4) is 0 Å². The maximum atomic E-state index is 13.6. The minimum absolute atomic E-state index is 0.0527. The summed E-state index contributed by atoms with van der Waals surface area (Å²) in [6.45, 7) is 1.25.